The molecule has 0 aromatic heterocycles. The van der Waals surface area contributed by atoms with E-state index in [2.05, 4.69) is 0 Å². The van der Waals surface area contributed by atoms with E-state index >= 15 is 0 Å². The van der Waals surface area contributed by atoms with Gasteiger partial charge in [-0.3, -0.25) is 0 Å². The summed E-state index contributed by atoms with van der Waals surface area (Å²) in [7, 11) is 0. The quantitative estimate of drug-likeness (QED) is 0.551. The summed E-state index contributed by atoms with van der Waals surface area (Å²) in [6, 6.07) is 0. The van der Waals surface area contributed by atoms with Crippen LogP contribution in [0, 0.1) is 13.4 Å². The number of aliphatic hydroxyl groups is 2. The van der Waals surface area contributed by atoms with Crippen molar-refractivity contribution in [2.75, 3.05) is 0 Å². The second kappa shape index (κ2) is 1.61. The van der Waals surface area contributed by atoms with Crippen molar-refractivity contribution in [3.63, 3.8) is 0 Å². The van der Waals surface area contributed by atoms with Crippen molar-refractivity contribution >= 4 is 0 Å². The summed E-state index contributed by atoms with van der Waals surface area (Å²) in [4.78, 5) is 0. The van der Waals surface area contributed by atoms with E-state index in [9.17, 15) is 0 Å². The molecule has 0 spiro atoms. The molecule has 0 unspecified atom stereocenters. The Hall–Kier alpha value is 0.310. The molecule has 26 valence electrons. The number of rotatable bonds is 0. The Morgan fingerprint density at radius 3 is 1.50 bits per heavy atom. The first-order chi connectivity index (χ1) is 1.73. The fraction of sp³-hybridized carbons (Fsp3) is 1.00. The molecule has 0 amide bonds. The van der Waals surface area contributed by atoms with E-state index in [1.54, 1.807) is 0 Å². The molecule has 0 saturated carbocycles. The minimum atomic E-state index is -1.06. The van der Waals surface area contributed by atoms with Crippen LogP contribution in [0.25, 0.3) is 0 Å². The van der Waals surface area contributed by atoms with E-state index in [0.29, 0.717) is 13.4 Å². The van der Waals surface area contributed by atoms with E-state index in [-0.39, 0.29) is 0 Å². The molecule has 0 aromatic rings. The zero-order valence-electron chi connectivity index (χ0n) is 1.85. The van der Waals surface area contributed by atoms with Gasteiger partial charge in [0, 0.05) is 0 Å². The van der Waals surface area contributed by atoms with Crippen molar-refractivity contribution in [1.82, 2.24) is 0 Å². The maximum atomic E-state index is 7.66. The Morgan fingerprint density at radius 1 is 1.50 bits per heavy atom. The third-order valence-electron chi connectivity index (χ3n) is 0. The first kappa shape index (κ1) is 4.31. The van der Waals surface area contributed by atoms with Gasteiger partial charge in [-0.25, -0.2) is 0 Å². The maximum absolute atomic E-state index is 7.66. The normalized spacial score (nSPS) is 9.25. The summed E-state index contributed by atoms with van der Waals surface area (Å²) in [5, 5.41) is 15.3. The zero-order valence-corrected chi connectivity index (χ0v) is 5.00. The molecule has 0 atom stereocenters. The predicted molar refractivity (Wildman–Crippen MR) is 8.23 cm³/mol. The topological polar surface area (TPSA) is 40.5 Å². The van der Waals surface area contributed by atoms with Gasteiger partial charge in [0.05, 0.1) is 0 Å². The summed E-state index contributed by atoms with van der Waals surface area (Å²) in [6.45, 7) is 0. The first-order valence-corrected chi connectivity index (χ1v) is 2.55. The van der Waals surface area contributed by atoms with Crippen molar-refractivity contribution in [3.05, 3.63) is 0 Å². The standard InChI is InChI=1S/CH3O2.Am/c2-1-3;/h1-3H;. The molecule has 0 bridgehead atoms. The molecule has 0 fully saturated rings. The van der Waals surface area contributed by atoms with Gasteiger partial charge in [-0.1, -0.05) is 0 Å². The number of hydrogen-bond donors (Lipinski definition) is 2. The molecule has 0 saturated heterocycles. The molecule has 0 aliphatic carbocycles. The molecule has 2 nitrogen and oxygen atoms in total. The Morgan fingerprint density at radius 2 is 1.50 bits per heavy atom. The van der Waals surface area contributed by atoms with Gasteiger partial charge in [-0.15, -0.1) is 0 Å². The van der Waals surface area contributed by atoms with Crippen molar-refractivity contribution < 1.29 is 23.6 Å². The molecule has 0 radical (unpaired) electrons. The van der Waals surface area contributed by atoms with Crippen LogP contribution >= 0.6 is 0 Å². The molecule has 3 heteroatoms. The molecular weight excluding hydrogens is 287 g/mol. The van der Waals surface area contributed by atoms with Crippen LogP contribution in [0.15, 0.2) is 0 Å². The molecular formula is CH3AmO2. The molecule has 2 N–H and O–H groups in total. The van der Waals surface area contributed by atoms with Gasteiger partial charge >= 0.3 is 29.1 Å². The summed E-state index contributed by atoms with van der Waals surface area (Å²) in [5.74, 6) is 0. The monoisotopic (exact) mass is 288 g/mol. The SMILES string of the molecule is O[CH](O)[Am]. The van der Waals surface area contributed by atoms with Gasteiger partial charge in [0.15, 0.2) is 0 Å². The van der Waals surface area contributed by atoms with Gasteiger partial charge in [0.25, 0.3) is 0 Å². The molecule has 0 aromatic carbocycles. The second-order valence-electron chi connectivity index (χ2n) is 0.311. The van der Waals surface area contributed by atoms with Crippen LogP contribution in [0.3, 0.4) is 0 Å². The van der Waals surface area contributed by atoms with E-state index in [1.165, 1.54) is 0 Å². The Bertz CT molecular complexity index is 10.8. The van der Waals surface area contributed by atoms with Gasteiger partial charge < -0.3 is 0 Å². The summed E-state index contributed by atoms with van der Waals surface area (Å²) < 4.78 is 0. The van der Waals surface area contributed by atoms with Gasteiger partial charge in [0.1, 0.15) is 0 Å². The van der Waals surface area contributed by atoms with Crippen LogP contribution in [0.2, 0.25) is 0 Å². The van der Waals surface area contributed by atoms with Crippen LogP contribution in [-0.2, 0) is 0 Å². The fourth-order valence-corrected chi connectivity index (χ4v) is 0. The van der Waals surface area contributed by atoms with E-state index < -0.39 is 5.53 Å². The van der Waals surface area contributed by atoms with Gasteiger partial charge in [-0.2, -0.15) is 0 Å². The van der Waals surface area contributed by atoms with Crippen molar-refractivity contribution in [3.8, 4) is 0 Å². The van der Waals surface area contributed by atoms with Crippen molar-refractivity contribution in [2.45, 2.75) is 5.53 Å². The van der Waals surface area contributed by atoms with Crippen molar-refractivity contribution in [1.29, 1.82) is 0 Å². The van der Waals surface area contributed by atoms with Crippen molar-refractivity contribution in [2.24, 2.45) is 0 Å². The van der Waals surface area contributed by atoms with E-state index in [4.69, 9.17) is 10.2 Å². The summed E-state index contributed by atoms with van der Waals surface area (Å²) in [5.41, 5.74) is -1.06. The van der Waals surface area contributed by atoms with E-state index in [0.717, 1.165) is 0 Å². The fourth-order valence-electron chi connectivity index (χ4n) is 0. The van der Waals surface area contributed by atoms with Gasteiger partial charge in [-0.05, 0) is 0 Å². The van der Waals surface area contributed by atoms with Crippen LogP contribution in [0.1, 0.15) is 0 Å². The second-order valence-corrected chi connectivity index (χ2v) is 1.94. The predicted octanol–water partition coefficient (Wildman–Crippen LogP) is -1.20. The Kier molecular flexibility index (Phi) is 1.74. The average molecular weight is 290 g/mol. The number of aliphatic hydroxyl groups excluding tert-OH is 1. The van der Waals surface area contributed by atoms with Crippen LogP contribution in [0.5, 0.6) is 0 Å². The third-order valence-corrected chi connectivity index (χ3v) is 0. The van der Waals surface area contributed by atoms with Crippen LogP contribution < -0.4 is 0 Å². The average Bonchev–Trinajstić information content (AvgIpc) is 0.811. The Balaban J connectivity index is 2.32. The minimum absolute atomic E-state index is 0.647. The Labute approximate surface area is 30.1 Å². The molecule has 0 heterocycles. The molecule has 0 rings (SSSR count). The first-order valence-electron chi connectivity index (χ1n) is 0.735. The van der Waals surface area contributed by atoms with E-state index in [1.807, 2.05) is 0 Å². The summed E-state index contributed by atoms with van der Waals surface area (Å²) in [6.07, 6.45) is 0. The third kappa shape index (κ3) is 41.3. The van der Waals surface area contributed by atoms with Crippen LogP contribution in [-0.4, -0.2) is 15.7 Å². The van der Waals surface area contributed by atoms with Gasteiger partial charge in [0.2, 0.25) is 0 Å². The van der Waals surface area contributed by atoms with Crippen LogP contribution in [0.4, 0.5) is 0 Å². The molecule has 0 aliphatic heterocycles. The number of hydrogen-bond acceptors (Lipinski definition) is 2. The zero-order chi connectivity index (χ0) is 3.58. The summed E-state index contributed by atoms with van der Waals surface area (Å²) >= 11 is 0.647. The molecule has 4 heavy (non-hydrogen) atoms. The molecule has 0 aliphatic rings.